The monoisotopic (exact) mass is 480 g/mol. The van der Waals surface area contributed by atoms with Crippen molar-refractivity contribution in [3.8, 4) is 22.9 Å². The van der Waals surface area contributed by atoms with Crippen molar-refractivity contribution < 1.29 is 22.3 Å². The fourth-order valence-corrected chi connectivity index (χ4v) is 4.39. The van der Waals surface area contributed by atoms with Crippen molar-refractivity contribution >= 4 is 21.4 Å². The number of aromatic nitrogens is 3. The SMILES string of the molecule is Cc1cc(-c2cn3nc(Oc4cccc(F)c4)cc(S(C)(=O)=O)c3n2)ccc1C(=O)NC1CC1. The molecule has 0 aliphatic heterocycles. The first kappa shape index (κ1) is 22.0. The number of imidazole rings is 1. The average Bonchev–Trinajstić information content (AvgIpc) is 3.47. The Balaban J connectivity index is 1.54. The zero-order valence-electron chi connectivity index (χ0n) is 18.4. The van der Waals surface area contributed by atoms with Gasteiger partial charge in [-0.05, 0) is 49.6 Å². The summed E-state index contributed by atoms with van der Waals surface area (Å²) >= 11 is 0. The first-order valence-corrected chi connectivity index (χ1v) is 12.5. The summed E-state index contributed by atoms with van der Waals surface area (Å²) in [7, 11) is -3.68. The van der Waals surface area contributed by atoms with Gasteiger partial charge in [-0.15, -0.1) is 5.10 Å². The Kier molecular flexibility index (Phi) is 5.32. The van der Waals surface area contributed by atoms with Crippen LogP contribution in [0.4, 0.5) is 4.39 Å². The Labute approximate surface area is 195 Å². The van der Waals surface area contributed by atoms with Crippen LogP contribution in [0.1, 0.15) is 28.8 Å². The van der Waals surface area contributed by atoms with E-state index >= 15 is 0 Å². The lowest BCUT2D eigenvalue weighted by Gasteiger charge is -2.08. The van der Waals surface area contributed by atoms with Gasteiger partial charge < -0.3 is 10.1 Å². The van der Waals surface area contributed by atoms with Gasteiger partial charge in [0.1, 0.15) is 16.5 Å². The van der Waals surface area contributed by atoms with Crippen LogP contribution in [0.5, 0.6) is 11.6 Å². The van der Waals surface area contributed by atoms with E-state index in [-0.39, 0.29) is 34.1 Å². The van der Waals surface area contributed by atoms with Gasteiger partial charge in [-0.2, -0.15) is 0 Å². The predicted octanol–water partition coefficient (Wildman–Crippen LogP) is 3.93. The van der Waals surface area contributed by atoms with Gasteiger partial charge in [-0.3, -0.25) is 4.79 Å². The van der Waals surface area contributed by atoms with Gasteiger partial charge in [-0.25, -0.2) is 22.3 Å². The molecule has 0 spiro atoms. The second-order valence-corrected chi connectivity index (χ2v) is 10.3. The van der Waals surface area contributed by atoms with Crippen molar-refractivity contribution in [2.75, 3.05) is 6.26 Å². The number of sulfone groups is 1. The average molecular weight is 481 g/mol. The Morgan fingerprint density at radius 1 is 1.18 bits per heavy atom. The van der Waals surface area contributed by atoms with Crippen molar-refractivity contribution in [1.29, 1.82) is 0 Å². The van der Waals surface area contributed by atoms with E-state index in [1.165, 1.54) is 34.8 Å². The van der Waals surface area contributed by atoms with E-state index in [0.717, 1.165) is 24.7 Å². The molecule has 0 unspecified atom stereocenters. The summed E-state index contributed by atoms with van der Waals surface area (Å²) in [5.41, 5.74) is 2.69. The lowest BCUT2D eigenvalue weighted by atomic mass is 10.0. The second kappa shape index (κ2) is 8.21. The van der Waals surface area contributed by atoms with Crippen molar-refractivity contribution in [3.05, 3.63) is 71.7 Å². The minimum atomic E-state index is -3.68. The van der Waals surface area contributed by atoms with E-state index < -0.39 is 15.7 Å². The molecule has 8 nitrogen and oxygen atoms in total. The number of hydrogen-bond acceptors (Lipinski definition) is 6. The Bertz CT molecular complexity index is 1540. The van der Waals surface area contributed by atoms with Crippen LogP contribution in [0.2, 0.25) is 0 Å². The number of ether oxygens (including phenoxy) is 1. The van der Waals surface area contributed by atoms with Crippen LogP contribution >= 0.6 is 0 Å². The number of nitrogens with one attached hydrogen (secondary N) is 1. The van der Waals surface area contributed by atoms with E-state index in [2.05, 4.69) is 15.4 Å². The second-order valence-electron chi connectivity index (χ2n) is 8.35. The summed E-state index contributed by atoms with van der Waals surface area (Å²) in [4.78, 5) is 16.8. The Hall–Kier alpha value is -3.79. The molecule has 2 aromatic carbocycles. The molecule has 0 atom stereocenters. The van der Waals surface area contributed by atoms with Gasteiger partial charge in [0.25, 0.3) is 5.91 Å². The molecular weight excluding hydrogens is 459 g/mol. The lowest BCUT2D eigenvalue weighted by Crippen LogP contribution is -2.26. The molecule has 2 heterocycles. The maximum Gasteiger partial charge on any atom is 0.251 e. The van der Waals surface area contributed by atoms with Gasteiger partial charge >= 0.3 is 0 Å². The zero-order valence-corrected chi connectivity index (χ0v) is 19.3. The highest BCUT2D eigenvalue weighted by atomic mass is 32.2. The van der Waals surface area contributed by atoms with Crippen LogP contribution in [0.15, 0.2) is 59.6 Å². The number of amides is 1. The van der Waals surface area contributed by atoms with Crippen LogP contribution in [0, 0.1) is 12.7 Å². The third-order valence-corrected chi connectivity index (χ3v) is 6.57. The van der Waals surface area contributed by atoms with Gasteiger partial charge in [0.05, 0.1) is 11.9 Å². The van der Waals surface area contributed by atoms with Gasteiger partial charge in [-0.1, -0.05) is 12.1 Å². The highest BCUT2D eigenvalue weighted by molar-refractivity contribution is 7.91. The van der Waals surface area contributed by atoms with E-state index in [0.29, 0.717) is 16.8 Å². The molecule has 0 radical (unpaired) electrons. The van der Waals surface area contributed by atoms with E-state index in [1.54, 1.807) is 18.3 Å². The van der Waals surface area contributed by atoms with Crippen molar-refractivity contribution in [1.82, 2.24) is 19.9 Å². The van der Waals surface area contributed by atoms with Gasteiger partial charge in [0.2, 0.25) is 5.88 Å². The van der Waals surface area contributed by atoms with Gasteiger partial charge in [0.15, 0.2) is 15.5 Å². The van der Waals surface area contributed by atoms with Crippen molar-refractivity contribution in [3.63, 3.8) is 0 Å². The Morgan fingerprint density at radius 2 is 1.97 bits per heavy atom. The minimum Gasteiger partial charge on any atom is -0.437 e. The number of benzene rings is 2. The molecule has 34 heavy (non-hydrogen) atoms. The normalized spacial score (nSPS) is 13.7. The highest BCUT2D eigenvalue weighted by Gasteiger charge is 2.25. The van der Waals surface area contributed by atoms with E-state index in [1.807, 2.05) is 13.0 Å². The Morgan fingerprint density at radius 3 is 2.65 bits per heavy atom. The molecule has 5 rings (SSSR count). The first-order valence-electron chi connectivity index (χ1n) is 10.6. The molecular formula is C24H21FN4O4S. The molecule has 174 valence electrons. The molecule has 1 amide bonds. The first-order chi connectivity index (χ1) is 16.2. The number of aryl methyl sites for hydroxylation is 1. The fourth-order valence-electron chi connectivity index (χ4n) is 3.61. The third kappa shape index (κ3) is 4.49. The maximum atomic E-state index is 13.5. The fraction of sp³-hybridized carbons (Fsp3) is 0.208. The highest BCUT2D eigenvalue weighted by Crippen LogP contribution is 2.29. The largest absolute Gasteiger partial charge is 0.437 e. The molecule has 4 aromatic rings. The number of rotatable bonds is 6. The van der Waals surface area contributed by atoms with Crippen molar-refractivity contribution in [2.24, 2.45) is 0 Å². The van der Waals surface area contributed by atoms with Crippen molar-refractivity contribution in [2.45, 2.75) is 30.7 Å². The van der Waals surface area contributed by atoms with Crippen LogP contribution < -0.4 is 10.1 Å². The summed E-state index contributed by atoms with van der Waals surface area (Å²) < 4.78 is 45.4. The molecule has 10 heteroatoms. The number of nitrogens with zero attached hydrogens (tertiary/aromatic N) is 3. The molecule has 0 saturated heterocycles. The van der Waals surface area contributed by atoms with Crippen LogP contribution in [-0.2, 0) is 9.84 Å². The van der Waals surface area contributed by atoms with Crippen LogP contribution in [0.25, 0.3) is 16.9 Å². The van der Waals surface area contributed by atoms with Crippen LogP contribution in [-0.4, -0.2) is 41.2 Å². The molecule has 1 fully saturated rings. The van der Waals surface area contributed by atoms with Gasteiger partial charge in [0, 0.05) is 35.6 Å². The number of fused-ring (bicyclic) bond motifs is 1. The molecule has 0 bridgehead atoms. The topological polar surface area (TPSA) is 103 Å². The smallest absolute Gasteiger partial charge is 0.251 e. The molecule has 2 aromatic heterocycles. The summed E-state index contributed by atoms with van der Waals surface area (Å²) in [5, 5.41) is 7.28. The summed E-state index contributed by atoms with van der Waals surface area (Å²) in [6.45, 7) is 1.84. The molecule has 1 N–H and O–H groups in total. The molecule has 1 aliphatic carbocycles. The zero-order chi connectivity index (χ0) is 24.0. The van der Waals surface area contributed by atoms with E-state index in [4.69, 9.17) is 4.74 Å². The predicted molar refractivity (Wildman–Crippen MR) is 123 cm³/mol. The summed E-state index contributed by atoms with van der Waals surface area (Å²) in [6.07, 6.45) is 4.66. The number of hydrogen-bond donors (Lipinski definition) is 1. The lowest BCUT2D eigenvalue weighted by molar-refractivity contribution is 0.0950. The quantitative estimate of drug-likeness (QED) is 0.449. The minimum absolute atomic E-state index is 0.0225. The summed E-state index contributed by atoms with van der Waals surface area (Å²) in [5.74, 6) is -0.439. The number of halogens is 1. The maximum absolute atomic E-state index is 13.5. The number of carbonyl (C=O) groups is 1. The third-order valence-electron chi connectivity index (χ3n) is 5.47. The summed E-state index contributed by atoms with van der Waals surface area (Å²) in [6, 6.07) is 12.3. The number of carbonyl (C=O) groups excluding carboxylic acids is 1. The van der Waals surface area contributed by atoms with E-state index in [9.17, 15) is 17.6 Å². The molecule has 1 saturated carbocycles. The van der Waals surface area contributed by atoms with Crippen LogP contribution in [0.3, 0.4) is 0 Å². The molecule has 1 aliphatic rings. The standard InChI is InChI=1S/C24H21FN4O4S/c1-14-10-15(6-9-19(14)24(30)26-17-7-8-17)20-13-29-23(27-20)21(34(2,31)32)12-22(28-29)33-18-5-3-4-16(25)11-18/h3-6,9-13,17H,7-8H2,1-2H3,(H,26,30).